The van der Waals surface area contributed by atoms with Gasteiger partial charge in [0, 0.05) is 6.20 Å². The third-order valence-electron chi connectivity index (χ3n) is 2.19. The van der Waals surface area contributed by atoms with Crippen molar-refractivity contribution in [2.24, 2.45) is 0 Å². The van der Waals surface area contributed by atoms with Gasteiger partial charge in [0.25, 0.3) is 0 Å². The first-order valence-corrected chi connectivity index (χ1v) is 5.37. The summed E-state index contributed by atoms with van der Waals surface area (Å²) in [6.07, 6.45) is 1.62. The number of nitriles is 1. The van der Waals surface area contributed by atoms with E-state index in [4.69, 9.17) is 16.9 Å². The standard InChI is InChI=1S/C12H9ClN4/c13-11-6-9(7-14)3-4-12(11)15-8-10-2-1-5-16-17-10/h1-6,15H,8H2. The first-order chi connectivity index (χ1) is 8.29. The summed E-state index contributed by atoms with van der Waals surface area (Å²) in [4.78, 5) is 0. The molecule has 0 atom stereocenters. The molecule has 17 heavy (non-hydrogen) atoms. The van der Waals surface area contributed by atoms with Crippen LogP contribution in [0.4, 0.5) is 5.69 Å². The van der Waals surface area contributed by atoms with E-state index in [0.717, 1.165) is 11.4 Å². The molecule has 0 fully saturated rings. The second-order valence-electron chi connectivity index (χ2n) is 3.37. The van der Waals surface area contributed by atoms with Gasteiger partial charge in [-0.3, -0.25) is 0 Å². The first kappa shape index (κ1) is 11.4. The van der Waals surface area contributed by atoms with Gasteiger partial charge >= 0.3 is 0 Å². The van der Waals surface area contributed by atoms with Crippen LogP contribution in [0, 0.1) is 11.3 Å². The summed E-state index contributed by atoms with van der Waals surface area (Å²) in [6, 6.07) is 10.8. The highest BCUT2D eigenvalue weighted by Gasteiger charge is 2.01. The van der Waals surface area contributed by atoms with Crippen LogP contribution >= 0.6 is 11.6 Å². The molecule has 0 amide bonds. The summed E-state index contributed by atoms with van der Waals surface area (Å²) in [7, 11) is 0. The Morgan fingerprint density at radius 2 is 2.24 bits per heavy atom. The molecule has 2 aromatic rings. The second kappa shape index (κ2) is 5.28. The Balaban J connectivity index is 2.08. The van der Waals surface area contributed by atoms with Crippen LogP contribution in [0.3, 0.4) is 0 Å². The first-order valence-electron chi connectivity index (χ1n) is 4.99. The molecule has 0 bridgehead atoms. The second-order valence-corrected chi connectivity index (χ2v) is 3.78. The minimum Gasteiger partial charge on any atom is -0.378 e. The summed E-state index contributed by atoms with van der Waals surface area (Å²) in [6.45, 7) is 0.541. The molecule has 0 spiro atoms. The Morgan fingerprint density at radius 3 is 2.88 bits per heavy atom. The van der Waals surface area contributed by atoms with Crippen molar-refractivity contribution in [3.8, 4) is 6.07 Å². The predicted molar refractivity (Wildman–Crippen MR) is 65.5 cm³/mol. The summed E-state index contributed by atoms with van der Waals surface area (Å²) >= 11 is 6.02. The summed E-state index contributed by atoms with van der Waals surface area (Å²) in [5, 5.41) is 20.1. The molecule has 0 saturated heterocycles. The lowest BCUT2D eigenvalue weighted by Gasteiger charge is -2.07. The van der Waals surface area contributed by atoms with E-state index in [-0.39, 0.29) is 0 Å². The van der Waals surface area contributed by atoms with Crippen molar-refractivity contribution in [1.29, 1.82) is 5.26 Å². The summed E-state index contributed by atoms with van der Waals surface area (Å²) in [5.41, 5.74) is 2.14. The van der Waals surface area contributed by atoms with Gasteiger partial charge in [-0.15, -0.1) is 0 Å². The van der Waals surface area contributed by atoms with Gasteiger partial charge in [-0.25, -0.2) is 0 Å². The van der Waals surface area contributed by atoms with Crippen molar-refractivity contribution in [2.75, 3.05) is 5.32 Å². The maximum atomic E-state index is 8.71. The number of halogens is 1. The van der Waals surface area contributed by atoms with Gasteiger partial charge in [-0.1, -0.05) is 11.6 Å². The Bertz CT molecular complexity index is 548. The van der Waals surface area contributed by atoms with Gasteiger partial charge in [-0.2, -0.15) is 15.5 Å². The number of nitrogens with one attached hydrogen (secondary N) is 1. The highest BCUT2D eigenvalue weighted by atomic mass is 35.5. The van der Waals surface area contributed by atoms with Crippen LogP contribution in [0.15, 0.2) is 36.5 Å². The number of hydrogen-bond acceptors (Lipinski definition) is 4. The van der Waals surface area contributed by atoms with Gasteiger partial charge in [-0.05, 0) is 30.3 Å². The maximum Gasteiger partial charge on any atom is 0.0992 e. The Hall–Kier alpha value is -2.12. The molecule has 0 aliphatic rings. The van der Waals surface area contributed by atoms with Crippen molar-refractivity contribution in [3.63, 3.8) is 0 Å². The van der Waals surface area contributed by atoms with E-state index in [0.29, 0.717) is 17.1 Å². The van der Waals surface area contributed by atoms with Crippen LogP contribution in [0.25, 0.3) is 0 Å². The van der Waals surface area contributed by atoms with Crippen LogP contribution in [-0.2, 0) is 6.54 Å². The third-order valence-corrected chi connectivity index (χ3v) is 2.50. The normalized spacial score (nSPS) is 9.65. The van der Waals surface area contributed by atoms with Crippen LogP contribution < -0.4 is 5.32 Å². The van der Waals surface area contributed by atoms with E-state index in [1.165, 1.54) is 0 Å². The minimum atomic E-state index is 0.521. The summed E-state index contributed by atoms with van der Waals surface area (Å²) < 4.78 is 0. The van der Waals surface area contributed by atoms with E-state index >= 15 is 0 Å². The third kappa shape index (κ3) is 2.92. The van der Waals surface area contributed by atoms with Crippen molar-refractivity contribution in [3.05, 3.63) is 52.8 Å². The molecule has 2 rings (SSSR count). The van der Waals surface area contributed by atoms with E-state index in [9.17, 15) is 0 Å². The average Bonchev–Trinajstić information content (AvgIpc) is 2.38. The molecule has 0 aliphatic heterocycles. The topological polar surface area (TPSA) is 61.6 Å². The molecule has 1 N–H and O–H groups in total. The highest BCUT2D eigenvalue weighted by molar-refractivity contribution is 6.33. The SMILES string of the molecule is N#Cc1ccc(NCc2cccnn2)c(Cl)c1. The fraction of sp³-hybridized carbons (Fsp3) is 0.0833. The maximum absolute atomic E-state index is 8.71. The molecular formula is C12H9ClN4. The van der Waals surface area contributed by atoms with Crippen LogP contribution in [-0.4, -0.2) is 10.2 Å². The van der Waals surface area contributed by atoms with E-state index in [1.807, 2.05) is 18.2 Å². The quantitative estimate of drug-likeness (QED) is 0.902. The smallest absolute Gasteiger partial charge is 0.0992 e. The van der Waals surface area contributed by atoms with Crippen molar-refractivity contribution in [2.45, 2.75) is 6.54 Å². The zero-order valence-electron chi connectivity index (χ0n) is 8.89. The lowest BCUT2D eigenvalue weighted by Crippen LogP contribution is -2.02. The van der Waals surface area contributed by atoms with Crippen molar-refractivity contribution >= 4 is 17.3 Å². The van der Waals surface area contributed by atoms with Crippen LogP contribution in [0.1, 0.15) is 11.3 Å². The molecule has 0 aliphatic carbocycles. The summed E-state index contributed by atoms with van der Waals surface area (Å²) in [5.74, 6) is 0. The van der Waals surface area contributed by atoms with Crippen molar-refractivity contribution < 1.29 is 0 Å². The number of aromatic nitrogens is 2. The number of hydrogen-bond donors (Lipinski definition) is 1. The minimum absolute atomic E-state index is 0.521. The van der Waals surface area contributed by atoms with Gasteiger partial charge in [0.15, 0.2) is 0 Å². The van der Waals surface area contributed by atoms with Gasteiger partial charge in [0.1, 0.15) is 0 Å². The Morgan fingerprint density at radius 1 is 1.35 bits per heavy atom. The zero-order chi connectivity index (χ0) is 12.1. The fourth-order valence-electron chi connectivity index (χ4n) is 1.34. The zero-order valence-corrected chi connectivity index (χ0v) is 9.65. The predicted octanol–water partition coefficient (Wildman–Crippen LogP) is 2.61. The van der Waals surface area contributed by atoms with E-state index in [2.05, 4.69) is 15.5 Å². The molecule has 84 valence electrons. The number of anilines is 1. The Kier molecular flexibility index (Phi) is 3.53. The number of rotatable bonds is 3. The number of nitrogens with zero attached hydrogens (tertiary/aromatic N) is 3. The van der Waals surface area contributed by atoms with E-state index < -0.39 is 0 Å². The monoisotopic (exact) mass is 244 g/mol. The largest absolute Gasteiger partial charge is 0.378 e. The molecule has 0 saturated carbocycles. The highest BCUT2D eigenvalue weighted by Crippen LogP contribution is 2.23. The van der Waals surface area contributed by atoms with Gasteiger partial charge in [0.05, 0.1) is 34.6 Å². The lowest BCUT2D eigenvalue weighted by atomic mass is 10.2. The lowest BCUT2D eigenvalue weighted by molar-refractivity contribution is 0.925. The van der Waals surface area contributed by atoms with Crippen molar-refractivity contribution in [1.82, 2.24) is 10.2 Å². The molecule has 4 nitrogen and oxygen atoms in total. The van der Waals surface area contributed by atoms with E-state index in [1.54, 1.807) is 24.4 Å². The van der Waals surface area contributed by atoms with Gasteiger partial charge in [0.2, 0.25) is 0 Å². The fourth-order valence-corrected chi connectivity index (χ4v) is 1.59. The number of benzene rings is 1. The molecule has 0 unspecified atom stereocenters. The molecular weight excluding hydrogens is 236 g/mol. The van der Waals surface area contributed by atoms with Crippen LogP contribution in [0.2, 0.25) is 5.02 Å². The molecule has 5 heteroatoms. The van der Waals surface area contributed by atoms with Gasteiger partial charge < -0.3 is 5.32 Å². The average molecular weight is 245 g/mol. The molecule has 1 aromatic heterocycles. The molecule has 1 heterocycles. The van der Waals surface area contributed by atoms with Crippen LogP contribution in [0.5, 0.6) is 0 Å². The Labute approximate surface area is 104 Å². The molecule has 0 radical (unpaired) electrons. The molecule has 1 aromatic carbocycles.